The Hall–Kier alpha value is -1.95. The summed E-state index contributed by atoms with van der Waals surface area (Å²) in [6.07, 6.45) is 4.44. The molecule has 0 aromatic heterocycles. The van der Waals surface area contributed by atoms with E-state index in [-0.39, 0.29) is 31.0 Å². The monoisotopic (exact) mass is 378 g/mol. The minimum absolute atomic E-state index is 0.0163. The zero-order chi connectivity index (χ0) is 20.2. The van der Waals surface area contributed by atoms with Crippen LogP contribution in [0, 0.1) is 5.41 Å². The highest BCUT2D eigenvalue weighted by molar-refractivity contribution is 5.93. The zero-order valence-electron chi connectivity index (χ0n) is 16.9. The number of Topliss-reactive ketones (excluding diaryl/α,β-unsaturated/α-hetero) is 1. The second kappa shape index (κ2) is 8.83. The molecule has 1 saturated carbocycles. The van der Waals surface area contributed by atoms with Crippen LogP contribution in [0.15, 0.2) is 23.3 Å². The SMILES string of the molecule is COC1CC(=O)C2(CC(=O)OC2C=C(C)CCC=C(C)C)CC1OC(C)=O. The fourth-order valence-corrected chi connectivity index (χ4v) is 3.91. The first-order chi connectivity index (χ1) is 12.7. The smallest absolute Gasteiger partial charge is 0.307 e. The molecular weight excluding hydrogens is 348 g/mol. The van der Waals surface area contributed by atoms with Gasteiger partial charge in [0.1, 0.15) is 24.1 Å². The number of ether oxygens (including phenoxy) is 3. The second-order valence-corrected chi connectivity index (χ2v) is 7.83. The van der Waals surface area contributed by atoms with Crippen LogP contribution >= 0.6 is 0 Å². The van der Waals surface area contributed by atoms with E-state index in [1.54, 1.807) is 0 Å². The fraction of sp³-hybridized carbons (Fsp3) is 0.667. The van der Waals surface area contributed by atoms with Crippen LogP contribution in [0.5, 0.6) is 0 Å². The largest absolute Gasteiger partial charge is 0.460 e. The maximum absolute atomic E-state index is 13.0. The second-order valence-electron chi connectivity index (χ2n) is 7.83. The number of esters is 2. The number of allylic oxidation sites excluding steroid dienone is 3. The Kier molecular flexibility index (Phi) is 6.98. The highest BCUT2D eigenvalue weighted by atomic mass is 16.6. The predicted octanol–water partition coefficient (Wildman–Crippen LogP) is 3.29. The lowest BCUT2D eigenvalue weighted by atomic mass is 9.66. The van der Waals surface area contributed by atoms with Crippen LogP contribution in [0.2, 0.25) is 0 Å². The summed E-state index contributed by atoms with van der Waals surface area (Å²) in [6, 6.07) is 0. The molecular formula is C21H30O6. The summed E-state index contributed by atoms with van der Waals surface area (Å²) >= 11 is 0. The van der Waals surface area contributed by atoms with Gasteiger partial charge in [0.2, 0.25) is 0 Å². The molecule has 1 spiro atoms. The molecule has 0 amide bonds. The maximum Gasteiger partial charge on any atom is 0.307 e. The summed E-state index contributed by atoms with van der Waals surface area (Å²) in [4.78, 5) is 36.5. The third kappa shape index (κ3) is 5.06. The van der Waals surface area contributed by atoms with Gasteiger partial charge in [0.25, 0.3) is 0 Å². The topological polar surface area (TPSA) is 78.9 Å². The van der Waals surface area contributed by atoms with E-state index in [2.05, 4.69) is 19.9 Å². The number of rotatable bonds is 6. The Morgan fingerprint density at radius 1 is 1.22 bits per heavy atom. The molecule has 0 N–H and O–H groups in total. The lowest BCUT2D eigenvalue weighted by Crippen LogP contribution is -2.52. The van der Waals surface area contributed by atoms with Crippen molar-refractivity contribution in [1.29, 1.82) is 0 Å². The van der Waals surface area contributed by atoms with Gasteiger partial charge in [-0.1, -0.05) is 17.2 Å². The van der Waals surface area contributed by atoms with E-state index in [1.807, 2.05) is 13.0 Å². The van der Waals surface area contributed by atoms with Gasteiger partial charge < -0.3 is 14.2 Å². The molecule has 1 heterocycles. The third-order valence-corrected chi connectivity index (χ3v) is 5.33. The average molecular weight is 378 g/mol. The fourth-order valence-electron chi connectivity index (χ4n) is 3.91. The molecule has 150 valence electrons. The van der Waals surface area contributed by atoms with Crippen LogP contribution in [0.25, 0.3) is 0 Å². The lowest BCUT2D eigenvalue weighted by Gasteiger charge is -2.40. The minimum atomic E-state index is -0.982. The van der Waals surface area contributed by atoms with E-state index < -0.39 is 29.7 Å². The minimum Gasteiger partial charge on any atom is -0.460 e. The highest BCUT2D eigenvalue weighted by Gasteiger charge is 2.58. The van der Waals surface area contributed by atoms with Crippen molar-refractivity contribution in [3.63, 3.8) is 0 Å². The Labute approximate surface area is 160 Å². The number of carbonyl (C=O) groups excluding carboxylic acids is 3. The molecule has 6 nitrogen and oxygen atoms in total. The highest BCUT2D eigenvalue weighted by Crippen LogP contribution is 2.47. The Morgan fingerprint density at radius 3 is 2.52 bits per heavy atom. The molecule has 4 unspecified atom stereocenters. The van der Waals surface area contributed by atoms with Gasteiger partial charge in [-0.3, -0.25) is 14.4 Å². The summed E-state index contributed by atoms with van der Waals surface area (Å²) in [7, 11) is 1.49. The predicted molar refractivity (Wildman–Crippen MR) is 99.9 cm³/mol. The Morgan fingerprint density at radius 2 is 1.93 bits per heavy atom. The van der Waals surface area contributed by atoms with Crippen LogP contribution in [-0.4, -0.2) is 43.1 Å². The van der Waals surface area contributed by atoms with Crippen molar-refractivity contribution >= 4 is 17.7 Å². The van der Waals surface area contributed by atoms with Gasteiger partial charge in [0.05, 0.1) is 11.8 Å². The van der Waals surface area contributed by atoms with Crippen molar-refractivity contribution in [1.82, 2.24) is 0 Å². The quantitative estimate of drug-likeness (QED) is 0.521. The van der Waals surface area contributed by atoms with Gasteiger partial charge in [-0.25, -0.2) is 0 Å². The van der Waals surface area contributed by atoms with Gasteiger partial charge in [-0.2, -0.15) is 0 Å². The number of cyclic esters (lactones) is 1. The molecule has 2 aliphatic rings. The van der Waals surface area contributed by atoms with Crippen LogP contribution < -0.4 is 0 Å². The van der Waals surface area contributed by atoms with E-state index in [9.17, 15) is 14.4 Å². The van der Waals surface area contributed by atoms with Crippen molar-refractivity contribution in [2.24, 2.45) is 5.41 Å². The molecule has 2 fully saturated rings. The molecule has 6 heteroatoms. The molecule has 0 bridgehead atoms. The Bertz CT molecular complexity index is 658. The van der Waals surface area contributed by atoms with Gasteiger partial charge >= 0.3 is 11.9 Å². The first-order valence-corrected chi connectivity index (χ1v) is 9.41. The zero-order valence-corrected chi connectivity index (χ0v) is 16.9. The van der Waals surface area contributed by atoms with E-state index in [0.717, 1.165) is 18.4 Å². The Balaban J connectivity index is 2.25. The summed E-state index contributed by atoms with van der Waals surface area (Å²) in [6.45, 7) is 7.41. The van der Waals surface area contributed by atoms with Crippen molar-refractivity contribution in [3.8, 4) is 0 Å². The van der Waals surface area contributed by atoms with Gasteiger partial charge in [0, 0.05) is 26.9 Å². The molecule has 2 rings (SSSR count). The van der Waals surface area contributed by atoms with Crippen LogP contribution in [-0.2, 0) is 28.6 Å². The van der Waals surface area contributed by atoms with E-state index in [1.165, 1.54) is 19.6 Å². The van der Waals surface area contributed by atoms with Crippen LogP contribution in [0.3, 0.4) is 0 Å². The standard InChI is InChI=1S/C21H30O6/c1-13(2)7-6-8-14(3)9-19-21(12-20(24)27-19)11-17(26-15(4)22)16(25-5)10-18(21)23/h7,9,16-17,19H,6,8,10-12H2,1-5H3. The molecule has 0 aromatic rings. The number of methoxy groups -OCH3 is 1. The summed E-state index contributed by atoms with van der Waals surface area (Å²) in [5.74, 6) is -0.886. The van der Waals surface area contributed by atoms with Crippen molar-refractivity contribution < 1.29 is 28.6 Å². The number of ketones is 1. The van der Waals surface area contributed by atoms with Gasteiger partial charge in [0.15, 0.2) is 0 Å². The summed E-state index contributed by atoms with van der Waals surface area (Å²) < 4.78 is 16.3. The maximum atomic E-state index is 13.0. The summed E-state index contributed by atoms with van der Waals surface area (Å²) in [5.41, 5.74) is 1.34. The molecule has 1 aliphatic heterocycles. The summed E-state index contributed by atoms with van der Waals surface area (Å²) in [5, 5.41) is 0. The molecule has 1 aliphatic carbocycles. The average Bonchev–Trinajstić information content (AvgIpc) is 2.85. The van der Waals surface area contributed by atoms with E-state index in [0.29, 0.717) is 0 Å². The third-order valence-electron chi connectivity index (χ3n) is 5.33. The van der Waals surface area contributed by atoms with Gasteiger partial charge in [-0.15, -0.1) is 0 Å². The number of hydrogen-bond acceptors (Lipinski definition) is 6. The molecule has 1 saturated heterocycles. The number of carbonyl (C=O) groups is 3. The molecule has 27 heavy (non-hydrogen) atoms. The number of hydrogen-bond donors (Lipinski definition) is 0. The van der Waals surface area contributed by atoms with Crippen LogP contribution in [0.1, 0.15) is 59.8 Å². The van der Waals surface area contributed by atoms with Crippen molar-refractivity contribution in [2.45, 2.75) is 78.1 Å². The molecule has 0 aromatic carbocycles. The van der Waals surface area contributed by atoms with Gasteiger partial charge in [-0.05, 0) is 39.7 Å². The first kappa shape index (κ1) is 21.4. The molecule has 4 atom stereocenters. The van der Waals surface area contributed by atoms with E-state index in [4.69, 9.17) is 14.2 Å². The van der Waals surface area contributed by atoms with E-state index >= 15 is 0 Å². The molecule has 0 radical (unpaired) electrons. The van der Waals surface area contributed by atoms with Crippen LogP contribution in [0.4, 0.5) is 0 Å². The lowest BCUT2D eigenvalue weighted by molar-refractivity contribution is -0.169. The normalized spacial score (nSPS) is 31.0. The first-order valence-electron chi connectivity index (χ1n) is 9.41. The van der Waals surface area contributed by atoms with Crippen molar-refractivity contribution in [3.05, 3.63) is 23.3 Å². The van der Waals surface area contributed by atoms with Crippen molar-refractivity contribution in [2.75, 3.05) is 7.11 Å².